The summed E-state index contributed by atoms with van der Waals surface area (Å²) in [5.41, 5.74) is 4.12. The van der Waals surface area contributed by atoms with Gasteiger partial charge in [0.15, 0.2) is 5.58 Å². The summed E-state index contributed by atoms with van der Waals surface area (Å²) in [6, 6.07) is 9.18. The Morgan fingerprint density at radius 1 is 1.10 bits per heavy atom. The highest BCUT2D eigenvalue weighted by molar-refractivity contribution is 6.31. The van der Waals surface area contributed by atoms with E-state index in [4.69, 9.17) is 16.0 Å². The molecule has 0 saturated carbocycles. The van der Waals surface area contributed by atoms with Crippen LogP contribution in [0.15, 0.2) is 34.7 Å². The van der Waals surface area contributed by atoms with Crippen LogP contribution in [0.25, 0.3) is 23.3 Å². The Balaban J connectivity index is 1.94. The van der Waals surface area contributed by atoms with Gasteiger partial charge in [-0.1, -0.05) is 11.6 Å². The van der Waals surface area contributed by atoms with E-state index in [2.05, 4.69) is 4.98 Å². The number of aryl methyl sites for hydroxylation is 2. The molecule has 0 fully saturated rings. The smallest absolute Gasteiger partial charge is 0.220 e. The average molecular weight is 300 g/mol. The second-order valence-corrected chi connectivity index (χ2v) is 5.44. The van der Waals surface area contributed by atoms with E-state index in [0.717, 1.165) is 22.2 Å². The molecule has 3 nitrogen and oxygen atoms in total. The number of phenols is 1. The number of fused-ring (bicyclic) bond motifs is 1. The monoisotopic (exact) mass is 299 g/mol. The lowest BCUT2D eigenvalue weighted by Gasteiger charge is -2.04. The molecular weight excluding hydrogens is 286 g/mol. The van der Waals surface area contributed by atoms with Gasteiger partial charge in [0.25, 0.3) is 0 Å². The van der Waals surface area contributed by atoms with Crippen LogP contribution in [-0.4, -0.2) is 10.1 Å². The number of oxazole rings is 1. The van der Waals surface area contributed by atoms with E-state index in [1.807, 2.05) is 32.1 Å². The number of rotatable bonds is 2. The third-order valence-electron chi connectivity index (χ3n) is 3.30. The van der Waals surface area contributed by atoms with Gasteiger partial charge in [-0.2, -0.15) is 0 Å². The Morgan fingerprint density at radius 2 is 1.81 bits per heavy atom. The maximum atomic E-state index is 9.77. The molecule has 3 aromatic rings. The van der Waals surface area contributed by atoms with Crippen LogP contribution < -0.4 is 0 Å². The molecule has 1 aromatic heterocycles. The zero-order valence-corrected chi connectivity index (χ0v) is 12.5. The van der Waals surface area contributed by atoms with Crippen LogP contribution >= 0.6 is 11.6 Å². The maximum absolute atomic E-state index is 9.77. The first-order valence-electron chi connectivity index (χ1n) is 6.57. The predicted octanol–water partition coefficient (Wildman–Crippen LogP) is 4.97. The van der Waals surface area contributed by atoms with E-state index < -0.39 is 0 Å². The summed E-state index contributed by atoms with van der Waals surface area (Å²) >= 11 is 5.93. The fourth-order valence-corrected chi connectivity index (χ4v) is 2.41. The molecule has 0 bridgehead atoms. The summed E-state index contributed by atoms with van der Waals surface area (Å²) in [6.45, 7) is 3.75. The molecule has 0 unspecified atom stereocenters. The molecule has 0 saturated heterocycles. The minimum Gasteiger partial charge on any atom is -0.507 e. The molecule has 2 aromatic carbocycles. The number of aromatic hydroxyl groups is 1. The molecule has 3 rings (SSSR count). The van der Waals surface area contributed by atoms with Gasteiger partial charge in [0, 0.05) is 11.1 Å². The number of aromatic nitrogens is 1. The highest BCUT2D eigenvalue weighted by atomic mass is 35.5. The lowest BCUT2D eigenvalue weighted by molar-refractivity contribution is 0.467. The van der Waals surface area contributed by atoms with E-state index in [9.17, 15) is 5.11 Å². The first-order valence-corrected chi connectivity index (χ1v) is 6.95. The molecular formula is C17H14ClNO2. The van der Waals surface area contributed by atoms with Gasteiger partial charge in [0.1, 0.15) is 11.3 Å². The van der Waals surface area contributed by atoms with E-state index in [0.29, 0.717) is 22.2 Å². The molecule has 21 heavy (non-hydrogen) atoms. The highest BCUT2D eigenvalue weighted by Crippen LogP contribution is 2.25. The van der Waals surface area contributed by atoms with Gasteiger partial charge < -0.3 is 9.52 Å². The summed E-state index contributed by atoms with van der Waals surface area (Å²) < 4.78 is 5.62. The number of hydrogen-bond acceptors (Lipinski definition) is 3. The van der Waals surface area contributed by atoms with Gasteiger partial charge >= 0.3 is 0 Å². The Bertz CT molecular complexity index is 826. The fourth-order valence-electron chi connectivity index (χ4n) is 2.24. The highest BCUT2D eigenvalue weighted by Gasteiger charge is 2.04. The van der Waals surface area contributed by atoms with E-state index >= 15 is 0 Å². The van der Waals surface area contributed by atoms with Crippen molar-refractivity contribution in [3.05, 3.63) is 57.9 Å². The van der Waals surface area contributed by atoms with Crippen molar-refractivity contribution in [1.29, 1.82) is 0 Å². The molecule has 0 amide bonds. The molecule has 106 valence electrons. The van der Waals surface area contributed by atoms with Crippen molar-refractivity contribution in [2.75, 3.05) is 0 Å². The fraction of sp³-hybridized carbons (Fsp3) is 0.118. The van der Waals surface area contributed by atoms with Crippen molar-refractivity contribution in [2.24, 2.45) is 0 Å². The van der Waals surface area contributed by atoms with Crippen molar-refractivity contribution < 1.29 is 9.52 Å². The van der Waals surface area contributed by atoms with E-state index in [1.54, 1.807) is 24.3 Å². The van der Waals surface area contributed by atoms with Crippen molar-refractivity contribution >= 4 is 34.9 Å². The Hall–Kier alpha value is -2.26. The van der Waals surface area contributed by atoms with E-state index in [-0.39, 0.29) is 0 Å². The van der Waals surface area contributed by atoms with Crippen molar-refractivity contribution in [1.82, 2.24) is 4.98 Å². The lowest BCUT2D eigenvalue weighted by atomic mass is 10.1. The van der Waals surface area contributed by atoms with Gasteiger partial charge in [-0.3, -0.25) is 0 Å². The molecule has 0 atom stereocenters. The summed E-state index contributed by atoms with van der Waals surface area (Å²) in [7, 11) is 0. The van der Waals surface area contributed by atoms with Crippen LogP contribution in [0.5, 0.6) is 5.75 Å². The number of benzene rings is 2. The van der Waals surface area contributed by atoms with Crippen LogP contribution in [0, 0.1) is 13.8 Å². The molecule has 0 aliphatic rings. The van der Waals surface area contributed by atoms with Crippen LogP contribution in [0.4, 0.5) is 0 Å². The quantitative estimate of drug-likeness (QED) is 0.726. The van der Waals surface area contributed by atoms with Crippen LogP contribution in [0.1, 0.15) is 22.6 Å². The molecule has 0 radical (unpaired) electrons. The first-order chi connectivity index (χ1) is 10.0. The van der Waals surface area contributed by atoms with Gasteiger partial charge in [0.2, 0.25) is 5.89 Å². The minimum absolute atomic E-state index is 0.337. The second kappa shape index (κ2) is 5.26. The topological polar surface area (TPSA) is 46.3 Å². The number of hydrogen-bond donors (Lipinski definition) is 1. The number of nitrogens with zero attached hydrogens (tertiary/aromatic N) is 1. The Kier molecular flexibility index (Phi) is 3.43. The van der Waals surface area contributed by atoms with Crippen molar-refractivity contribution in [3.63, 3.8) is 0 Å². The predicted molar refractivity (Wildman–Crippen MR) is 85.5 cm³/mol. The lowest BCUT2D eigenvalue weighted by Crippen LogP contribution is -1.83. The maximum Gasteiger partial charge on any atom is 0.220 e. The molecule has 0 aliphatic carbocycles. The third-order valence-corrected chi connectivity index (χ3v) is 3.53. The van der Waals surface area contributed by atoms with Crippen LogP contribution in [0.3, 0.4) is 0 Å². The number of phenolic OH excluding ortho intramolecular Hbond substituents is 1. The third kappa shape index (κ3) is 2.78. The molecule has 0 spiro atoms. The summed E-state index contributed by atoms with van der Waals surface area (Å²) in [6.07, 6.45) is 3.71. The Morgan fingerprint density at radius 3 is 2.52 bits per heavy atom. The summed E-state index contributed by atoms with van der Waals surface area (Å²) in [5, 5.41) is 10.4. The van der Waals surface area contributed by atoms with Gasteiger partial charge in [-0.05, 0) is 66.9 Å². The standard InChI is InChI=1S/C17H14ClNO2/c1-10-7-12(8-11(2)17(10)20)3-6-16-19-14-9-13(18)4-5-15(14)21-16/h3-9,20H,1-2H3/b6-3+. The normalized spacial score (nSPS) is 11.6. The van der Waals surface area contributed by atoms with Gasteiger partial charge in [-0.15, -0.1) is 0 Å². The molecule has 0 aliphatic heterocycles. The molecule has 1 heterocycles. The SMILES string of the molecule is Cc1cc(/C=C/c2nc3cc(Cl)ccc3o2)cc(C)c1O. The van der Waals surface area contributed by atoms with Gasteiger partial charge in [0.05, 0.1) is 0 Å². The average Bonchev–Trinajstić information content (AvgIpc) is 2.84. The summed E-state index contributed by atoms with van der Waals surface area (Å²) in [5.74, 6) is 0.860. The largest absolute Gasteiger partial charge is 0.507 e. The molecule has 4 heteroatoms. The first kappa shape index (κ1) is 13.7. The van der Waals surface area contributed by atoms with Crippen LogP contribution in [0.2, 0.25) is 5.02 Å². The van der Waals surface area contributed by atoms with Gasteiger partial charge in [-0.25, -0.2) is 4.98 Å². The minimum atomic E-state index is 0.337. The van der Waals surface area contributed by atoms with Crippen molar-refractivity contribution in [3.8, 4) is 5.75 Å². The van der Waals surface area contributed by atoms with E-state index in [1.165, 1.54) is 0 Å². The molecule has 1 N–H and O–H groups in total. The van der Waals surface area contributed by atoms with Crippen LogP contribution in [-0.2, 0) is 0 Å². The number of halogens is 1. The second-order valence-electron chi connectivity index (χ2n) is 5.00. The zero-order chi connectivity index (χ0) is 15.0. The van der Waals surface area contributed by atoms with Crippen molar-refractivity contribution in [2.45, 2.75) is 13.8 Å². The zero-order valence-electron chi connectivity index (χ0n) is 11.7. The summed E-state index contributed by atoms with van der Waals surface area (Å²) in [4.78, 5) is 4.36. The Labute approximate surface area is 127 Å².